The quantitative estimate of drug-likeness (QED) is 0.458. The van der Waals surface area contributed by atoms with Gasteiger partial charge in [-0.1, -0.05) is 0 Å². The van der Waals surface area contributed by atoms with Gasteiger partial charge in [0.05, 0.1) is 0 Å². The van der Waals surface area contributed by atoms with Crippen LogP contribution in [0.5, 0.6) is 0 Å². The minimum atomic E-state index is -3.67. The number of rotatable bonds is 0. The monoisotopic (exact) mass is 132 g/mol. The standard InChI is InChI=1S/2CH4O.BF3/c2*1-2;2-1(3)4/h2*2H,1H3;. The predicted molar refractivity (Wildman–Crippen MR) is 25.4 cm³/mol. The van der Waals surface area contributed by atoms with Crippen molar-refractivity contribution in [1.82, 2.24) is 0 Å². The van der Waals surface area contributed by atoms with Gasteiger partial charge in [-0.2, -0.15) is 0 Å². The maximum absolute atomic E-state index is 9.67. The van der Waals surface area contributed by atoms with Crippen LogP contribution < -0.4 is 0 Å². The summed E-state index contributed by atoms with van der Waals surface area (Å²) in [6.45, 7) is 0. The summed E-state index contributed by atoms with van der Waals surface area (Å²) in [7, 11) is -1.67. The minimum Gasteiger partial charge on any atom is -0.400 e. The van der Waals surface area contributed by atoms with Gasteiger partial charge in [0.1, 0.15) is 0 Å². The SMILES string of the molecule is CO.CO.FB(F)F. The van der Waals surface area contributed by atoms with Crippen LogP contribution in [0, 0.1) is 0 Å². The summed E-state index contributed by atoms with van der Waals surface area (Å²) in [5, 5.41) is 14.0. The molecular formula is C2H8BF3O2. The van der Waals surface area contributed by atoms with Crippen LogP contribution in [0.2, 0.25) is 0 Å². The van der Waals surface area contributed by atoms with E-state index in [1.54, 1.807) is 0 Å². The molecule has 0 aliphatic heterocycles. The first-order valence-electron chi connectivity index (χ1n) is 1.55. The third-order valence-electron chi connectivity index (χ3n) is 0. The molecule has 0 fully saturated rings. The third-order valence-corrected chi connectivity index (χ3v) is 0. The van der Waals surface area contributed by atoms with Gasteiger partial charge in [-0.15, -0.1) is 0 Å². The highest BCUT2D eigenvalue weighted by atomic mass is 19.4. The predicted octanol–water partition coefficient (Wildman–Crippen LogP) is 0.0968. The zero-order valence-corrected chi connectivity index (χ0v) is 4.61. The maximum Gasteiger partial charge on any atom is 0.762 e. The van der Waals surface area contributed by atoms with Crippen LogP contribution in [-0.4, -0.2) is 32.0 Å². The zero-order valence-electron chi connectivity index (χ0n) is 4.61. The summed E-state index contributed by atoms with van der Waals surface area (Å²) in [6.07, 6.45) is 0. The summed E-state index contributed by atoms with van der Waals surface area (Å²) in [5.41, 5.74) is 0. The molecule has 6 heteroatoms. The van der Waals surface area contributed by atoms with Crippen LogP contribution >= 0.6 is 0 Å². The Labute approximate surface area is 46.2 Å². The molecule has 8 heavy (non-hydrogen) atoms. The van der Waals surface area contributed by atoms with Crippen molar-refractivity contribution in [3.05, 3.63) is 0 Å². The van der Waals surface area contributed by atoms with E-state index in [9.17, 15) is 12.9 Å². The van der Waals surface area contributed by atoms with Crippen LogP contribution in [0.4, 0.5) is 12.9 Å². The molecular weight excluding hydrogens is 124 g/mol. The van der Waals surface area contributed by atoms with Crippen molar-refractivity contribution < 1.29 is 23.2 Å². The molecule has 0 aromatic carbocycles. The molecule has 2 N–H and O–H groups in total. The number of aliphatic hydroxyl groups excluding tert-OH is 2. The molecule has 2 nitrogen and oxygen atoms in total. The van der Waals surface area contributed by atoms with E-state index in [2.05, 4.69) is 0 Å². The van der Waals surface area contributed by atoms with Gasteiger partial charge in [0.25, 0.3) is 0 Å². The molecule has 0 heterocycles. The van der Waals surface area contributed by atoms with E-state index in [0.717, 1.165) is 14.2 Å². The Morgan fingerprint density at radius 2 is 0.875 bits per heavy atom. The van der Waals surface area contributed by atoms with Crippen molar-refractivity contribution in [1.29, 1.82) is 0 Å². The lowest BCUT2D eigenvalue weighted by atomic mass is 10.5. The maximum atomic E-state index is 9.67. The summed E-state index contributed by atoms with van der Waals surface area (Å²) in [4.78, 5) is 0. The molecule has 0 aliphatic rings. The summed E-state index contributed by atoms with van der Waals surface area (Å²) in [5.74, 6) is 0. The fraction of sp³-hybridized carbons (Fsp3) is 1.00. The fourth-order valence-corrected chi connectivity index (χ4v) is 0. The van der Waals surface area contributed by atoms with Crippen molar-refractivity contribution in [2.75, 3.05) is 14.2 Å². The zero-order chi connectivity index (χ0) is 7.58. The van der Waals surface area contributed by atoms with E-state index in [0.29, 0.717) is 0 Å². The van der Waals surface area contributed by atoms with Gasteiger partial charge in [0, 0.05) is 14.2 Å². The van der Waals surface area contributed by atoms with Crippen LogP contribution in [-0.2, 0) is 0 Å². The number of halogens is 3. The second-order valence-electron chi connectivity index (χ2n) is 0.247. The van der Waals surface area contributed by atoms with Gasteiger partial charge in [0.15, 0.2) is 0 Å². The van der Waals surface area contributed by atoms with E-state index in [4.69, 9.17) is 10.2 Å². The lowest BCUT2D eigenvalue weighted by molar-refractivity contribution is 0.399. The highest BCUT2D eigenvalue weighted by Gasteiger charge is 2.06. The van der Waals surface area contributed by atoms with E-state index < -0.39 is 7.54 Å². The minimum absolute atomic E-state index is 1.00. The van der Waals surface area contributed by atoms with Crippen molar-refractivity contribution in [2.45, 2.75) is 0 Å². The van der Waals surface area contributed by atoms with Crippen molar-refractivity contribution in [2.24, 2.45) is 0 Å². The van der Waals surface area contributed by atoms with Gasteiger partial charge in [-0.25, -0.2) is 0 Å². The number of hydrogen-bond acceptors (Lipinski definition) is 2. The van der Waals surface area contributed by atoms with Crippen LogP contribution in [0.15, 0.2) is 0 Å². The second-order valence-corrected chi connectivity index (χ2v) is 0.247. The molecule has 0 aromatic heterocycles. The molecule has 52 valence electrons. The van der Waals surface area contributed by atoms with Crippen molar-refractivity contribution in [3.63, 3.8) is 0 Å². The van der Waals surface area contributed by atoms with Gasteiger partial charge in [-0.3, -0.25) is 12.9 Å². The fourth-order valence-electron chi connectivity index (χ4n) is 0. The Kier molecular flexibility index (Phi) is 57.4. The average molecular weight is 132 g/mol. The smallest absolute Gasteiger partial charge is 0.400 e. The molecule has 0 aliphatic carbocycles. The van der Waals surface area contributed by atoms with Crippen LogP contribution in [0.1, 0.15) is 0 Å². The molecule has 0 unspecified atom stereocenters. The first-order chi connectivity index (χ1) is 3.73. The van der Waals surface area contributed by atoms with E-state index in [-0.39, 0.29) is 0 Å². The Balaban J connectivity index is -0.0000000542. The molecule has 0 saturated heterocycles. The summed E-state index contributed by atoms with van der Waals surface area (Å²) < 4.78 is 29.0. The van der Waals surface area contributed by atoms with E-state index >= 15 is 0 Å². The molecule has 0 aromatic rings. The highest BCUT2D eigenvalue weighted by Crippen LogP contribution is 1.80. The summed E-state index contributed by atoms with van der Waals surface area (Å²) >= 11 is 0. The van der Waals surface area contributed by atoms with Crippen molar-refractivity contribution >= 4 is 7.54 Å². The molecule has 0 saturated carbocycles. The molecule has 0 spiro atoms. The van der Waals surface area contributed by atoms with E-state index in [1.807, 2.05) is 0 Å². The normalized spacial score (nSPS) is 4.88. The first kappa shape index (κ1) is 15.7. The Hall–Kier alpha value is -0.225. The van der Waals surface area contributed by atoms with Crippen LogP contribution in [0.25, 0.3) is 0 Å². The largest absolute Gasteiger partial charge is 0.762 e. The van der Waals surface area contributed by atoms with E-state index in [1.165, 1.54) is 0 Å². The second kappa shape index (κ2) is 29.3. The third kappa shape index (κ3) is 2600. The highest BCUT2D eigenvalue weighted by molar-refractivity contribution is 6.33. The lowest BCUT2D eigenvalue weighted by Gasteiger charge is -1.55. The van der Waals surface area contributed by atoms with Gasteiger partial charge >= 0.3 is 7.54 Å². The topological polar surface area (TPSA) is 40.5 Å². The van der Waals surface area contributed by atoms with Gasteiger partial charge < -0.3 is 10.2 Å². The lowest BCUT2D eigenvalue weighted by Crippen LogP contribution is -1.76. The molecule has 0 amide bonds. The molecule has 0 atom stereocenters. The molecule has 0 rings (SSSR count). The number of hydrogen-bond donors (Lipinski definition) is 2. The van der Waals surface area contributed by atoms with Gasteiger partial charge in [0.2, 0.25) is 0 Å². The Bertz CT molecular complexity index is 20.0. The molecule has 0 bridgehead atoms. The Morgan fingerprint density at radius 1 is 0.875 bits per heavy atom. The Morgan fingerprint density at radius 3 is 0.875 bits per heavy atom. The van der Waals surface area contributed by atoms with Crippen LogP contribution in [0.3, 0.4) is 0 Å². The first-order valence-corrected chi connectivity index (χ1v) is 1.55. The number of aliphatic hydroxyl groups is 2. The van der Waals surface area contributed by atoms with Crippen molar-refractivity contribution in [3.8, 4) is 0 Å². The summed E-state index contributed by atoms with van der Waals surface area (Å²) in [6, 6.07) is 0. The van der Waals surface area contributed by atoms with Gasteiger partial charge in [-0.05, 0) is 0 Å². The average Bonchev–Trinajstić information content (AvgIpc) is 1.75. The molecule has 0 radical (unpaired) electrons.